The number of fused-ring (bicyclic) bond motifs is 1. The Morgan fingerprint density at radius 2 is 1.95 bits per heavy atom. The molecule has 0 amide bonds. The number of methoxy groups -OCH3 is 1. The summed E-state index contributed by atoms with van der Waals surface area (Å²) in [5.74, 6) is 0.834. The molecule has 0 saturated heterocycles. The van der Waals surface area contributed by atoms with Gasteiger partial charge in [-0.1, -0.05) is 30.3 Å². The maximum atomic E-state index is 10.4. The van der Waals surface area contributed by atoms with E-state index in [1.54, 1.807) is 18.4 Å². The summed E-state index contributed by atoms with van der Waals surface area (Å²) < 4.78 is 6.50. The Hall–Kier alpha value is -1.84. The largest absolute Gasteiger partial charge is 0.497 e. The molecule has 0 fully saturated rings. The Morgan fingerprint density at radius 3 is 2.81 bits per heavy atom. The fraction of sp³-hybridized carbons (Fsp3) is 0.222. The smallest absolute Gasteiger partial charge is 0.119 e. The van der Waals surface area contributed by atoms with E-state index in [0.717, 1.165) is 11.3 Å². The summed E-state index contributed by atoms with van der Waals surface area (Å²) in [6.45, 7) is 0. The van der Waals surface area contributed by atoms with Gasteiger partial charge in [-0.05, 0) is 46.5 Å². The van der Waals surface area contributed by atoms with E-state index in [-0.39, 0.29) is 6.10 Å². The van der Waals surface area contributed by atoms with Gasteiger partial charge in [0.15, 0.2) is 0 Å². The minimum absolute atomic E-state index is 0.380. The molecule has 0 aliphatic rings. The third kappa shape index (κ3) is 3.26. The highest BCUT2D eigenvalue weighted by Gasteiger charge is 2.11. The van der Waals surface area contributed by atoms with Crippen LogP contribution in [0, 0.1) is 0 Å². The van der Waals surface area contributed by atoms with Crippen molar-refractivity contribution in [2.75, 3.05) is 7.11 Å². The predicted molar refractivity (Wildman–Crippen MR) is 88.2 cm³/mol. The number of ether oxygens (including phenoxy) is 1. The summed E-state index contributed by atoms with van der Waals surface area (Å²) in [5, 5.41) is 13.8. The van der Waals surface area contributed by atoms with Crippen molar-refractivity contribution in [1.82, 2.24) is 0 Å². The summed E-state index contributed by atoms with van der Waals surface area (Å²) in [6.07, 6.45) is 0.942. The van der Waals surface area contributed by atoms with Crippen LogP contribution in [0.1, 0.15) is 11.1 Å². The highest BCUT2D eigenvalue weighted by molar-refractivity contribution is 7.17. The van der Waals surface area contributed by atoms with Gasteiger partial charge in [0.1, 0.15) is 5.75 Å². The van der Waals surface area contributed by atoms with Gasteiger partial charge in [0.05, 0.1) is 13.2 Å². The topological polar surface area (TPSA) is 29.5 Å². The van der Waals surface area contributed by atoms with Crippen molar-refractivity contribution in [1.29, 1.82) is 0 Å². The second kappa shape index (κ2) is 6.29. The van der Waals surface area contributed by atoms with Gasteiger partial charge in [-0.25, -0.2) is 0 Å². The number of hydrogen-bond acceptors (Lipinski definition) is 3. The van der Waals surface area contributed by atoms with E-state index in [4.69, 9.17) is 4.74 Å². The predicted octanol–water partition coefficient (Wildman–Crippen LogP) is 4.06. The molecular formula is C18H18O2S. The molecule has 0 bridgehead atoms. The lowest BCUT2D eigenvalue weighted by atomic mass is 10.0. The van der Waals surface area contributed by atoms with E-state index < -0.39 is 0 Å². The van der Waals surface area contributed by atoms with Crippen LogP contribution in [0.2, 0.25) is 0 Å². The standard InChI is InChI=1S/C18H18O2S/c1-20-16-6-4-5-13(10-16)9-15(19)11-14-12-21-18-8-3-2-7-17(14)18/h2-8,10,12,15,19H,9,11H2,1H3. The van der Waals surface area contributed by atoms with Gasteiger partial charge < -0.3 is 9.84 Å². The molecular weight excluding hydrogens is 280 g/mol. The molecule has 1 aromatic heterocycles. The van der Waals surface area contributed by atoms with Crippen LogP contribution in [0.4, 0.5) is 0 Å². The van der Waals surface area contributed by atoms with Gasteiger partial charge in [0.2, 0.25) is 0 Å². The van der Waals surface area contributed by atoms with E-state index in [1.165, 1.54) is 15.6 Å². The fourth-order valence-corrected chi connectivity index (χ4v) is 3.56. The van der Waals surface area contributed by atoms with Gasteiger partial charge in [-0.15, -0.1) is 11.3 Å². The van der Waals surface area contributed by atoms with E-state index >= 15 is 0 Å². The lowest BCUT2D eigenvalue weighted by molar-refractivity contribution is 0.176. The molecule has 0 aliphatic carbocycles. The molecule has 108 valence electrons. The second-order valence-electron chi connectivity index (χ2n) is 5.17. The Kier molecular flexibility index (Phi) is 4.23. The van der Waals surface area contributed by atoms with Crippen LogP contribution in [-0.4, -0.2) is 18.3 Å². The summed E-state index contributed by atoms with van der Waals surface area (Å²) in [5.41, 5.74) is 2.33. The average Bonchev–Trinajstić information content (AvgIpc) is 2.91. The van der Waals surface area contributed by atoms with Gasteiger partial charge >= 0.3 is 0 Å². The van der Waals surface area contributed by atoms with Crippen LogP contribution in [0.5, 0.6) is 5.75 Å². The SMILES string of the molecule is COc1cccc(CC(O)Cc2csc3ccccc23)c1. The number of thiophene rings is 1. The molecule has 21 heavy (non-hydrogen) atoms. The molecule has 0 saturated carbocycles. The maximum Gasteiger partial charge on any atom is 0.119 e. The Labute approximate surface area is 128 Å². The van der Waals surface area contributed by atoms with Gasteiger partial charge in [-0.2, -0.15) is 0 Å². The first kappa shape index (κ1) is 14.1. The van der Waals surface area contributed by atoms with Crippen molar-refractivity contribution in [3.63, 3.8) is 0 Å². The molecule has 1 N–H and O–H groups in total. The van der Waals surface area contributed by atoms with Gasteiger partial charge in [0, 0.05) is 11.1 Å². The molecule has 1 atom stereocenters. The second-order valence-corrected chi connectivity index (χ2v) is 6.08. The molecule has 2 nitrogen and oxygen atoms in total. The zero-order valence-electron chi connectivity index (χ0n) is 12.0. The highest BCUT2D eigenvalue weighted by Crippen LogP contribution is 2.27. The Bertz CT molecular complexity index is 733. The first-order valence-corrected chi connectivity index (χ1v) is 7.90. The van der Waals surface area contributed by atoms with Crippen molar-refractivity contribution in [2.45, 2.75) is 18.9 Å². The van der Waals surface area contributed by atoms with Gasteiger partial charge in [0.25, 0.3) is 0 Å². The molecule has 0 spiro atoms. The number of aliphatic hydroxyl groups excluding tert-OH is 1. The van der Waals surface area contributed by atoms with Crippen molar-refractivity contribution in [3.05, 3.63) is 65.0 Å². The van der Waals surface area contributed by atoms with E-state index in [0.29, 0.717) is 12.8 Å². The summed E-state index contributed by atoms with van der Waals surface area (Å²) >= 11 is 1.74. The zero-order valence-corrected chi connectivity index (χ0v) is 12.8. The van der Waals surface area contributed by atoms with Crippen molar-refractivity contribution >= 4 is 21.4 Å². The van der Waals surface area contributed by atoms with E-state index in [1.807, 2.05) is 30.3 Å². The minimum atomic E-state index is -0.380. The van der Waals surface area contributed by atoms with E-state index in [2.05, 4.69) is 23.6 Å². The van der Waals surface area contributed by atoms with Crippen LogP contribution in [0.3, 0.4) is 0 Å². The van der Waals surface area contributed by atoms with Crippen molar-refractivity contribution < 1.29 is 9.84 Å². The first-order chi connectivity index (χ1) is 10.3. The molecule has 1 heterocycles. The molecule has 0 radical (unpaired) electrons. The number of aliphatic hydroxyl groups is 1. The normalized spacial score (nSPS) is 12.5. The zero-order chi connectivity index (χ0) is 14.7. The summed E-state index contributed by atoms with van der Waals surface area (Å²) in [4.78, 5) is 0. The van der Waals surface area contributed by atoms with Crippen LogP contribution < -0.4 is 4.74 Å². The number of hydrogen-bond donors (Lipinski definition) is 1. The lowest BCUT2D eigenvalue weighted by Gasteiger charge is -2.11. The molecule has 1 unspecified atom stereocenters. The quantitative estimate of drug-likeness (QED) is 0.770. The maximum absolute atomic E-state index is 10.4. The third-order valence-electron chi connectivity index (χ3n) is 3.62. The van der Waals surface area contributed by atoms with E-state index in [9.17, 15) is 5.11 Å². The van der Waals surface area contributed by atoms with Crippen LogP contribution in [0.25, 0.3) is 10.1 Å². The number of benzene rings is 2. The van der Waals surface area contributed by atoms with Crippen LogP contribution in [0.15, 0.2) is 53.9 Å². The molecule has 3 heteroatoms. The Balaban J connectivity index is 1.72. The molecule has 3 aromatic rings. The minimum Gasteiger partial charge on any atom is -0.497 e. The molecule has 2 aromatic carbocycles. The summed E-state index contributed by atoms with van der Waals surface area (Å²) in [6, 6.07) is 16.2. The Morgan fingerprint density at radius 1 is 1.10 bits per heavy atom. The lowest BCUT2D eigenvalue weighted by Crippen LogP contribution is -2.13. The van der Waals surface area contributed by atoms with Crippen molar-refractivity contribution in [3.8, 4) is 5.75 Å². The molecule has 0 aliphatic heterocycles. The van der Waals surface area contributed by atoms with Gasteiger partial charge in [-0.3, -0.25) is 0 Å². The third-order valence-corrected chi connectivity index (χ3v) is 4.63. The summed E-state index contributed by atoms with van der Waals surface area (Å²) in [7, 11) is 1.66. The van der Waals surface area contributed by atoms with Crippen LogP contribution >= 0.6 is 11.3 Å². The highest BCUT2D eigenvalue weighted by atomic mass is 32.1. The monoisotopic (exact) mass is 298 g/mol. The average molecular weight is 298 g/mol. The first-order valence-electron chi connectivity index (χ1n) is 7.02. The van der Waals surface area contributed by atoms with Crippen molar-refractivity contribution in [2.24, 2.45) is 0 Å². The van der Waals surface area contributed by atoms with Crippen LogP contribution in [-0.2, 0) is 12.8 Å². The molecule has 3 rings (SSSR count). The number of rotatable bonds is 5. The fourth-order valence-electron chi connectivity index (χ4n) is 2.59.